The number of para-hydroxylation sites is 1. The molecular weight excluding hydrogens is 180 g/mol. The molecule has 0 aromatic heterocycles. The lowest BCUT2D eigenvalue weighted by Crippen LogP contribution is -1.76. The lowest BCUT2D eigenvalue weighted by atomic mass is 10.3. The molecule has 1 N–H and O–H groups in total. The van der Waals surface area contributed by atoms with Gasteiger partial charge < -0.3 is 5.11 Å². The first kappa shape index (κ1) is 10.2. The maximum Gasteiger partial charge on any atom is 0.129 e. The van der Waals surface area contributed by atoms with E-state index in [1.54, 1.807) is 17.8 Å². The molecule has 0 bridgehead atoms. The first-order valence-electron chi connectivity index (χ1n) is 4.24. The number of phenols is 1. The van der Waals surface area contributed by atoms with Gasteiger partial charge in [-0.1, -0.05) is 23.8 Å². The zero-order chi connectivity index (χ0) is 9.68. The van der Waals surface area contributed by atoms with Crippen molar-refractivity contribution in [1.29, 1.82) is 0 Å². The van der Waals surface area contributed by atoms with Crippen LogP contribution in [0.2, 0.25) is 0 Å². The summed E-state index contributed by atoms with van der Waals surface area (Å²) < 4.78 is 0. The Bertz CT molecular complexity index is 301. The second kappa shape index (κ2) is 4.97. The number of hydrogen-bond donors (Lipinski definition) is 1. The topological polar surface area (TPSA) is 20.2 Å². The van der Waals surface area contributed by atoms with Crippen molar-refractivity contribution in [2.24, 2.45) is 0 Å². The van der Waals surface area contributed by atoms with E-state index in [-0.39, 0.29) is 0 Å². The zero-order valence-electron chi connectivity index (χ0n) is 7.95. The van der Waals surface area contributed by atoms with Gasteiger partial charge in [0.1, 0.15) is 5.75 Å². The second-order valence-corrected chi connectivity index (χ2v) is 4.12. The summed E-state index contributed by atoms with van der Waals surface area (Å²) in [7, 11) is 0. The molecule has 0 aliphatic carbocycles. The van der Waals surface area contributed by atoms with E-state index in [2.05, 4.69) is 19.9 Å². The number of benzene rings is 1. The van der Waals surface area contributed by atoms with E-state index in [9.17, 15) is 5.11 Å². The summed E-state index contributed by atoms with van der Waals surface area (Å²) in [6.07, 6.45) is 2.15. The third-order valence-electron chi connectivity index (χ3n) is 1.60. The lowest BCUT2D eigenvalue weighted by Gasteiger charge is -2.00. The molecule has 0 unspecified atom stereocenters. The minimum absolute atomic E-state index is 0.370. The molecule has 0 amide bonds. The normalized spacial score (nSPS) is 9.69. The highest BCUT2D eigenvalue weighted by Gasteiger charge is 1.97. The standard InChI is InChI=1S/C11H14OS/c1-9(2)7-8-13-11-6-4-3-5-10(11)12/h3-7,12H,8H2,1-2H3. The molecule has 0 atom stereocenters. The van der Waals surface area contributed by atoms with Gasteiger partial charge in [-0.3, -0.25) is 0 Å². The molecular formula is C11H14OS. The van der Waals surface area contributed by atoms with E-state index in [1.165, 1.54) is 5.57 Å². The van der Waals surface area contributed by atoms with Crippen LogP contribution in [0.15, 0.2) is 40.8 Å². The first-order chi connectivity index (χ1) is 6.20. The smallest absolute Gasteiger partial charge is 0.129 e. The summed E-state index contributed by atoms with van der Waals surface area (Å²) in [6, 6.07) is 7.41. The Labute approximate surface area is 83.5 Å². The molecule has 1 nitrogen and oxygen atoms in total. The fourth-order valence-electron chi connectivity index (χ4n) is 0.877. The van der Waals surface area contributed by atoms with Crippen LogP contribution in [0, 0.1) is 0 Å². The van der Waals surface area contributed by atoms with Crippen molar-refractivity contribution in [2.45, 2.75) is 18.7 Å². The van der Waals surface area contributed by atoms with Crippen molar-refractivity contribution in [2.75, 3.05) is 5.75 Å². The van der Waals surface area contributed by atoms with Crippen LogP contribution in [0.5, 0.6) is 5.75 Å². The van der Waals surface area contributed by atoms with E-state index in [4.69, 9.17) is 0 Å². The SMILES string of the molecule is CC(C)=CCSc1ccccc1O. The average Bonchev–Trinajstić information content (AvgIpc) is 2.08. The van der Waals surface area contributed by atoms with Crippen molar-refractivity contribution in [3.8, 4) is 5.75 Å². The van der Waals surface area contributed by atoms with Gasteiger partial charge >= 0.3 is 0 Å². The van der Waals surface area contributed by atoms with Gasteiger partial charge in [-0.15, -0.1) is 11.8 Å². The molecule has 1 aromatic rings. The molecule has 0 saturated carbocycles. The molecule has 1 aromatic carbocycles. The van der Waals surface area contributed by atoms with Crippen LogP contribution in [0.4, 0.5) is 0 Å². The van der Waals surface area contributed by atoms with Gasteiger partial charge in [0.2, 0.25) is 0 Å². The fourth-order valence-corrected chi connectivity index (χ4v) is 1.86. The first-order valence-corrected chi connectivity index (χ1v) is 5.23. The minimum Gasteiger partial charge on any atom is -0.507 e. The van der Waals surface area contributed by atoms with Gasteiger partial charge in [-0.2, -0.15) is 0 Å². The largest absolute Gasteiger partial charge is 0.507 e. The van der Waals surface area contributed by atoms with Crippen molar-refractivity contribution < 1.29 is 5.11 Å². The van der Waals surface area contributed by atoms with Crippen molar-refractivity contribution >= 4 is 11.8 Å². The monoisotopic (exact) mass is 194 g/mol. The predicted molar refractivity (Wildman–Crippen MR) is 58.3 cm³/mol. The van der Waals surface area contributed by atoms with Gasteiger partial charge in [0.25, 0.3) is 0 Å². The Hall–Kier alpha value is -0.890. The second-order valence-electron chi connectivity index (χ2n) is 3.06. The number of aromatic hydroxyl groups is 1. The summed E-state index contributed by atoms with van der Waals surface area (Å²) >= 11 is 1.65. The fraction of sp³-hybridized carbons (Fsp3) is 0.273. The van der Waals surface area contributed by atoms with Gasteiger partial charge in [-0.25, -0.2) is 0 Å². The minimum atomic E-state index is 0.370. The van der Waals surface area contributed by atoms with Crippen molar-refractivity contribution in [3.63, 3.8) is 0 Å². The van der Waals surface area contributed by atoms with Gasteiger partial charge in [0, 0.05) is 10.6 Å². The number of phenolic OH excluding ortho intramolecular Hbond substituents is 1. The molecule has 2 heteroatoms. The highest BCUT2D eigenvalue weighted by molar-refractivity contribution is 7.99. The Balaban J connectivity index is 2.55. The average molecular weight is 194 g/mol. The number of hydrogen-bond acceptors (Lipinski definition) is 2. The molecule has 1 rings (SSSR count). The Morgan fingerprint density at radius 2 is 2.08 bits per heavy atom. The van der Waals surface area contributed by atoms with Crippen LogP contribution in [0.25, 0.3) is 0 Å². The molecule has 0 aliphatic heterocycles. The van der Waals surface area contributed by atoms with Crippen LogP contribution in [0.1, 0.15) is 13.8 Å². The van der Waals surface area contributed by atoms with Crippen LogP contribution < -0.4 is 0 Å². The highest BCUT2D eigenvalue weighted by Crippen LogP contribution is 2.27. The van der Waals surface area contributed by atoms with Gasteiger partial charge in [0.05, 0.1) is 0 Å². The summed E-state index contributed by atoms with van der Waals surface area (Å²) in [4.78, 5) is 0.944. The van der Waals surface area contributed by atoms with Gasteiger partial charge in [-0.05, 0) is 26.0 Å². The number of thioether (sulfide) groups is 1. The van der Waals surface area contributed by atoms with Crippen LogP contribution in [-0.2, 0) is 0 Å². The highest BCUT2D eigenvalue weighted by atomic mass is 32.2. The molecule has 0 saturated heterocycles. The van der Waals surface area contributed by atoms with E-state index in [0.717, 1.165) is 10.6 Å². The van der Waals surface area contributed by atoms with Crippen LogP contribution in [-0.4, -0.2) is 10.9 Å². The van der Waals surface area contributed by atoms with Crippen molar-refractivity contribution in [3.05, 3.63) is 35.9 Å². The predicted octanol–water partition coefficient (Wildman–Crippen LogP) is 3.45. The molecule has 0 aliphatic rings. The molecule has 13 heavy (non-hydrogen) atoms. The summed E-state index contributed by atoms with van der Waals surface area (Å²) in [6.45, 7) is 4.15. The summed E-state index contributed by atoms with van der Waals surface area (Å²) in [5, 5.41) is 9.43. The van der Waals surface area contributed by atoms with E-state index >= 15 is 0 Å². The third-order valence-corrected chi connectivity index (χ3v) is 2.59. The molecule has 0 fully saturated rings. The molecule has 70 valence electrons. The lowest BCUT2D eigenvalue weighted by molar-refractivity contribution is 0.462. The Morgan fingerprint density at radius 1 is 1.38 bits per heavy atom. The van der Waals surface area contributed by atoms with Crippen LogP contribution in [0.3, 0.4) is 0 Å². The van der Waals surface area contributed by atoms with E-state index in [0.29, 0.717) is 5.75 Å². The summed E-state index contributed by atoms with van der Waals surface area (Å²) in [5.74, 6) is 1.29. The Morgan fingerprint density at radius 3 is 2.69 bits per heavy atom. The third kappa shape index (κ3) is 3.55. The maximum absolute atomic E-state index is 9.43. The van der Waals surface area contributed by atoms with Crippen molar-refractivity contribution in [1.82, 2.24) is 0 Å². The molecule has 0 radical (unpaired) electrons. The summed E-state index contributed by atoms with van der Waals surface area (Å²) in [5.41, 5.74) is 1.31. The number of allylic oxidation sites excluding steroid dienone is 1. The van der Waals surface area contributed by atoms with Gasteiger partial charge in [0.15, 0.2) is 0 Å². The quantitative estimate of drug-likeness (QED) is 0.587. The Kier molecular flexibility index (Phi) is 3.90. The maximum atomic E-state index is 9.43. The van der Waals surface area contributed by atoms with E-state index in [1.807, 2.05) is 18.2 Å². The zero-order valence-corrected chi connectivity index (χ0v) is 8.77. The molecule has 0 spiro atoms. The van der Waals surface area contributed by atoms with E-state index < -0.39 is 0 Å². The number of rotatable bonds is 3. The van der Waals surface area contributed by atoms with Crippen LogP contribution >= 0.6 is 11.8 Å². The molecule has 0 heterocycles.